The zero-order chi connectivity index (χ0) is 9.68. The Hall–Kier alpha value is -0.120. The Morgan fingerprint density at radius 3 is 2.77 bits per heavy atom. The van der Waals surface area contributed by atoms with Crippen LogP contribution in [0.2, 0.25) is 0 Å². The molecule has 1 unspecified atom stereocenters. The van der Waals surface area contributed by atoms with E-state index in [1.54, 1.807) is 7.11 Å². The van der Waals surface area contributed by atoms with Crippen molar-refractivity contribution in [2.45, 2.75) is 50.8 Å². The maximum absolute atomic E-state index is 5.81. The van der Waals surface area contributed by atoms with Gasteiger partial charge in [-0.25, -0.2) is 0 Å². The molecule has 0 saturated heterocycles. The summed E-state index contributed by atoms with van der Waals surface area (Å²) in [4.78, 5) is 0. The van der Waals surface area contributed by atoms with Crippen molar-refractivity contribution < 1.29 is 4.74 Å². The summed E-state index contributed by atoms with van der Waals surface area (Å²) >= 11 is 0. The monoisotopic (exact) mass is 186 g/mol. The first kappa shape index (κ1) is 11.0. The number of nitrogens with one attached hydrogen (secondary N) is 1. The molecule has 1 aliphatic rings. The molecule has 78 valence electrons. The van der Waals surface area contributed by atoms with Crippen molar-refractivity contribution in [2.75, 3.05) is 13.7 Å². The Morgan fingerprint density at radius 2 is 2.23 bits per heavy atom. The van der Waals surface area contributed by atoms with E-state index < -0.39 is 0 Å². The average Bonchev–Trinajstić information content (AvgIpc) is 2.08. The minimum absolute atomic E-state index is 0.366. The molecule has 1 rings (SSSR count). The first-order valence-corrected chi connectivity index (χ1v) is 5.28. The van der Waals surface area contributed by atoms with Crippen molar-refractivity contribution in [2.24, 2.45) is 5.73 Å². The van der Waals surface area contributed by atoms with Crippen molar-refractivity contribution in [3.8, 4) is 0 Å². The largest absolute Gasteiger partial charge is 0.381 e. The van der Waals surface area contributed by atoms with Gasteiger partial charge in [0.2, 0.25) is 0 Å². The van der Waals surface area contributed by atoms with E-state index in [-0.39, 0.29) is 0 Å². The van der Waals surface area contributed by atoms with Crippen LogP contribution in [-0.2, 0) is 4.74 Å². The van der Waals surface area contributed by atoms with E-state index in [0.29, 0.717) is 18.2 Å². The molecule has 0 bridgehead atoms. The van der Waals surface area contributed by atoms with Crippen LogP contribution in [0.5, 0.6) is 0 Å². The van der Waals surface area contributed by atoms with E-state index in [1.165, 1.54) is 0 Å². The minimum Gasteiger partial charge on any atom is -0.381 e. The molecule has 0 aromatic rings. The molecule has 3 N–H and O–H groups in total. The van der Waals surface area contributed by atoms with E-state index in [9.17, 15) is 0 Å². The highest BCUT2D eigenvalue weighted by molar-refractivity contribution is 4.85. The molecule has 13 heavy (non-hydrogen) atoms. The third-order valence-electron chi connectivity index (χ3n) is 2.90. The topological polar surface area (TPSA) is 47.3 Å². The maximum Gasteiger partial charge on any atom is 0.0601 e. The summed E-state index contributed by atoms with van der Waals surface area (Å²) in [6, 6.07) is 1.04. The van der Waals surface area contributed by atoms with Gasteiger partial charge in [-0.2, -0.15) is 0 Å². The lowest BCUT2D eigenvalue weighted by Gasteiger charge is -2.35. The summed E-state index contributed by atoms with van der Waals surface area (Å²) in [6.45, 7) is 3.19. The van der Waals surface area contributed by atoms with Gasteiger partial charge < -0.3 is 15.8 Å². The number of nitrogens with two attached hydrogens (primary N) is 1. The molecule has 0 aromatic carbocycles. The highest BCUT2D eigenvalue weighted by Gasteiger charge is 2.27. The minimum atomic E-state index is 0.366. The van der Waals surface area contributed by atoms with Crippen LogP contribution in [0.1, 0.15) is 32.6 Å². The summed E-state index contributed by atoms with van der Waals surface area (Å²) in [6.07, 6.45) is 4.99. The van der Waals surface area contributed by atoms with Crippen LogP contribution in [0.3, 0.4) is 0 Å². The van der Waals surface area contributed by atoms with Crippen LogP contribution >= 0.6 is 0 Å². The van der Waals surface area contributed by atoms with E-state index in [0.717, 1.165) is 32.2 Å². The lowest BCUT2D eigenvalue weighted by molar-refractivity contribution is 0.0174. The van der Waals surface area contributed by atoms with Crippen LogP contribution in [0.25, 0.3) is 0 Å². The van der Waals surface area contributed by atoms with E-state index in [2.05, 4.69) is 12.2 Å². The van der Waals surface area contributed by atoms with Gasteiger partial charge in [-0.05, 0) is 32.2 Å². The molecular weight excluding hydrogens is 164 g/mol. The first-order valence-electron chi connectivity index (χ1n) is 5.28. The predicted octanol–water partition coefficient (Wildman–Crippen LogP) is 0.881. The van der Waals surface area contributed by atoms with Crippen molar-refractivity contribution in [3.63, 3.8) is 0 Å². The second-order valence-corrected chi connectivity index (χ2v) is 3.94. The summed E-state index contributed by atoms with van der Waals surface area (Å²) in [5, 5.41) is 3.49. The molecule has 1 aliphatic carbocycles. The summed E-state index contributed by atoms with van der Waals surface area (Å²) in [7, 11) is 1.79. The van der Waals surface area contributed by atoms with E-state index >= 15 is 0 Å². The maximum atomic E-state index is 5.81. The predicted molar refractivity (Wildman–Crippen MR) is 54.7 cm³/mol. The van der Waals surface area contributed by atoms with Gasteiger partial charge in [-0.3, -0.25) is 0 Å². The van der Waals surface area contributed by atoms with Crippen molar-refractivity contribution in [1.82, 2.24) is 5.32 Å². The zero-order valence-electron chi connectivity index (χ0n) is 8.75. The van der Waals surface area contributed by atoms with Gasteiger partial charge in [-0.1, -0.05) is 6.92 Å². The van der Waals surface area contributed by atoms with Crippen molar-refractivity contribution in [3.05, 3.63) is 0 Å². The fraction of sp³-hybridized carbons (Fsp3) is 1.00. The molecule has 0 aromatic heterocycles. The third kappa shape index (κ3) is 3.63. The van der Waals surface area contributed by atoms with Gasteiger partial charge in [-0.15, -0.1) is 0 Å². The van der Waals surface area contributed by atoms with Crippen molar-refractivity contribution in [1.29, 1.82) is 0 Å². The number of hydrogen-bond donors (Lipinski definition) is 2. The average molecular weight is 186 g/mol. The molecule has 0 spiro atoms. The van der Waals surface area contributed by atoms with Gasteiger partial charge in [0, 0.05) is 19.2 Å². The Bertz CT molecular complexity index is 135. The van der Waals surface area contributed by atoms with E-state index in [1.807, 2.05) is 0 Å². The molecule has 0 radical (unpaired) electrons. The highest BCUT2D eigenvalue weighted by Crippen LogP contribution is 2.22. The van der Waals surface area contributed by atoms with Crippen LogP contribution in [0.15, 0.2) is 0 Å². The molecule has 3 nitrogen and oxygen atoms in total. The highest BCUT2D eigenvalue weighted by atomic mass is 16.5. The summed E-state index contributed by atoms with van der Waals surface area (Å²) in [5.74, 6) is 0. The third-order valence-corrected chi connectivity index (χ3v) is 2.90. The summed E-state index contributed by atoms with van der Waals surface area (Å²) in [5.41, 5.74) is 5.81. The SMILES string of the molecule is CCC(N)CCNC1CC(OC)C1. The standard InChI is InChI=1S/C10H22N2O/c1-3-8(11)4-5-12-9-6-10(7-9)13-2/h8-10,12H,3-7,11H2,1-2H3. The lowest BCUT2D eigenvalue weighted by atomic mass is 9.89. The Labute approximate surface area is 81.0 Å². The first-order chi connectivity index (χ1) is 6.26. The number of hydrogen-bond acceptors (Lipinski definition) is 3. The second kappa shape index (κ2) is 5.58. The van der Waals surface area contributed by atoms with Gasteiger partial charge in [0.15, 0.2) is 0 Å². The molecule has 3 heteroatoms. The smallest absolute Gasteiger partial charge is 0.0601 e. The normalized spacial score (nSPS) is 29.8. The molecule has 0 heterocycles. The molecule has 1 fully saturated rings. The number of methoxy groups -OCH3 is 1. The zero-order valence-corrected chi connectivity index (χ0v) is 8.75. The van der Waals surface area contributed by atoms with Crippen LogP contribution in [-0.4, -0.2) is 31.8 Å². The van der Waals surface area contributed by atoms with Gasteiger partial charge in [0.1, 0.15) is 0 Å². The molecule has 0 amide bonds. The van der Waals surface area contributed by atoms with Crippen LogP contribution in [0, 0.1) is 0 Å². The van der Waals surface area contributed by atoms with Crippen LogP contribution in [0.4, 0.5) is 0 Å². The number of rotatable bonds is 6. The Kier molecular flexibility index (Phi) is 4.70. The fourth-order valence-electron chi connectivity index (χ4n) is 1.60. The quantitative estimate of drug-likeness (QED) is 0.647. The fourth-order valence-corrected chi connectivity index (χ4v) is 1.60. The molecular formula is C10H22N2O. The molecule has 1 saturated carbocycles. The molecule has 1 atom stereocenters. The van der Waals surface area contributed by atoms with Gasteiger partial charge in [0.05, 0.1) is 6.10 Å². The second-order valence-electron chi connectivity index (χ2n) is 3.94. The van der Waals surface area contributed by atoms with Gasteiger partial charge >= 0.3 is 0 Å². The Balaban J connectivity index is 1.90. The molecule has 0 aliphatic heterocycles. The lowest BCUT2D eigenvalue weighted by Crippen LogP contribution is -2.46. The van der Waals surface area contributed by atoms with Crippen LogP contribution < -0.4 is 11.1 Å². The van der Waals surface area contributed by atoms with Gasteiger partial charge in [0.25, 0.3) is 0 Å². The van der Waals surface area contributed by atoms with E-state index in [4.69, 9.17) is 10.5 Å². The Morgan fingerprint density at radius 1 is 1.54 bits per heavy atom. The number of ether oxygens (including phenoxy) is 1. The van der Waals surface area contributed by atoms with Crippen molar-refractivity contribution >= 4 is 0 Å². The summed E-state index contributed by atoms with van der Waals surface area (Å²) < 4.78 is 5.20.